The molecule has 0 aliphatic carbocycles. The van der Waals surface area contributed by atoms with Crippen LogP contribution in [0.2, 0.25) is 0 Å². The first kappa shape index (κ1) is 23.7. The number of aromatic nitrogens is 3. The summed E-state index contributed by atoms with van der Waals surface area (Å²) in [5.74, 6) is 2.00. The second kappa shape index (κ2) is 9.77. The van der Waals surface area contributed by atoms with Gasteiger partial charge in [0.1, 0.15) is 0 Å². The number of nitrogens with zero attached hydrogens (tertiary/aromatic N) is 3. The monoisotopic (exact) mass is 541 g/mol. The van der Waals surface area contributed by atoms with E-state index in [2.05, 4.69) is 78.9 Å². The molecule has 0 aliphatic heterocycles. The average Bonchev–Trinajstić information content (AvgIpc) is 3.41. The summed E-state index contributed by atoms with van der Waals surface area (Å²) in [6.45, 7) is 0. The molecule has 2 aromatic heterocycles. The van der Waals surface area contributed by atoms with Crippen LogP contribution in [0.3, 0.4) is 0 Å². The summed E-state index contributed by atoms with van der Waals surface area (Å²) in [4.78, 5) is 14.5. The van der Waals surface area contributed by atoms with Gasteiger partial charge in [-0.15, -0.1) is 11.3 Å². The molecule has 4 heteroatoms. The van der Waals surface area contributed by atoms with Gasteiger partial charge in [-0.1, -0.05) is 115 Å². The normalized spacial score (nSPS) is 11.4. The van der Waals surface area contributed by atoms with E-state index in [1.54, 1.807) is 0 Å². The van der Waals surface area contributed by atoms with Gasteiger partial charge in [0.2, 0.25) is 0 Å². The van der Waals surface area contributed by atoms with E-state index in [0.717, 1.165) is 22.3 Å². The molecule has 0 N–H and O–H groups in total. The van der Waals surface area contributed by atoms with Crippen LogP contribution in [-0.4, -0.2) is 15.0 Å². The van der Waals surface area contributed by atoms with Gasteiger partial charge in [-0.2, -0.15) is 0 Å². The minimum absolute atomic E-state index is 0.662. The number of thiophene rings is 1. The smallest absolute Gasteiger partial charge is 0.164 e. The van der Waals surface area contributed by atoms with Gasteiger partial charge in [-0.05, 0) is 46.2 Å². The zero-order valence-corrected chi connectivity index (χ0v) is 22.8. The largest absolute Gasteiger partial charge is 0.208 e. The Labute approximate surface area is 241 Å². The molecule has 0 spiro atoms. The van der Waals surface area contributed by atoms with E-state index in [-0.39, 0.29) is 0 Å². The topological polar surface area (TPSA) is 38.7 Å². The highest BCUT2D eigenvalue weighted by Gasteiger charge is 2.13. The van der Waals surface area contributed by atoms with Crippen molar-refractivity contribution in [3.63, 3.8) is 0 Å². The van der Waals surface area contributed by atoms with Crippen molar-refractivity contribution in [2.24, 2.45) is 0 Å². The van der Waals surface area contributed by atoms with Crippen molar-refractivity contribution < 1.29 is 0 Å². The Morgan fingerprint density at radius 1 is 0.341 bits per heavy atom. The number of fused-ring (bicyclic) bond motifs is 4. The summed E-state index contributed by atoms with van der Waals surface area (Å²) < 4.78 is 2.65. The Bertz CT molecular complexity index is 2130. The lowest BCUT2D eigenvalue weighted by molar-refractivity contribution is 1.07. The van der Waals surface area contributed by atoms with Crippen LogP contribution >= 0.6 is 11.3 Å². The third-order valence-corrected chi connectivity index (χ3v) is 8.65. The van der Waals surface area contributed by atoms with Crippen molar-refractivity contribution in [3.8, 4) is 45.3 Å². The Hall–Kier alpha value is -5.19. The predicted molar refractivity (Wildman–Crippen MR) is 172 cm³/mol. The molecule has 6 aromatic carbocycles. The van der Waals surface area contributed by atoms with E-state index < -0.39 is 0 Å². The van der Waals surface area contributed by atoms with E-state index in [0.29, 0.717) is 17.5 Å². The lowest BCUT2D eigenvalue weighted by Gasteiger charge is -2.09. The highest BCUT2D eigenvalue weighted by Crippen LogP contribution is 2.37. The SMILES string of the molecule is c1ccc(-c2nc(-c3ccccc3)nc(-c3ccc(-c4ccc5cc6c(cc5c4)sc4ccccc46)cc3)n2)cc1. The number of hydrogen-bond donors (Lipinski definition) is 0. The third kappa shape index (κ3) is 4.35. The van der Waals surface area contributed by atoms with E-state index in [1.807, 2.05) is 72.0 Å². The molecular formula is C37H23N3S. The van der Waals surface area contributed by atoms with Crippen LogP contribution in [0.25, 0.3) is 76.2 Å². The van der Waals surface area contributed by atoms with Crippen LogP contribution in [0, 0.1) is 0 Å². The van der Waals surface area contributed by atoms with Gasteiger partial charge in [0.15, 0.2) is 17.5 Å². The second-order valence-electron chi connectivity index (χ2n) is 10.1. The fourth-order valence-corrected chi connectivity index (χ4v) is 6.53. The Morgan fingerprint density at radius 2 is 0.878 bits per heavy atom. The fourth-order valence-electron chi connectivity index (χ4n) is 5.40. The summed E-state index contributed by atoms with van der Waals surface area (Å²) in [6, 6.07) is 48.7. The first-order chi connectivity index (χ1) is 20.3. The molecule has 41 heavy (non-hydrogen) atoms. The quantitative estimate of drug-likeness (QED) is 0.222. The molecule has 0 atom stereocenters. The highest BCUT2D eigenvalue weighted by atomic mass is 32.1. The molecule has 192 valence electrons. The van der Waals surface area contributed by atoms with E-state index in [1.165, 1.54) is 36.5 Å². The van der Waals surface area contributed by atoms with Crippen LogP contribution in [0.1, 0.15) is 0 Å². The summed E-state index contributed by atoms with van der Waals surface area (Å²) in [5.41, 5.74) is 5.24. The van der Waals surface area contributed by atoms with Crippen molar-refractivity contribution in [1.82, 2.24) is 15.0 Å². The summed E-state index contributed by atoms with van der Waals surface area (Å²) in [5, 5.41) is 5.17. The summed E-state index contributed by atoms with van der Waals surface area (Å²) in [7, 11) is 0. The van der Waals surface area contributed by atoms with Gasteiger partial charge in [0, 0.05) is 36.9 Å². The van der Waals surface area contributed by atoms with Crippen LogP contribution in [0.15, 0.2) is 140 Å². The molecule has 0 amide bonds. The molecule has 0 aliphatic rings. The van der Waals surface area contributed by atoms with E-state index >= 15 is 0 Å². The standard InChI is InChI=1S/C37H23N3S/c1-3-9-25(10-4-1)35-38-36(26-11-5-2-6-12-26)40-37(39-35)27-17-15-24(16-18-27)28-19-20-29-22-32-31-13-7-8-14-33(31)41-34(32)23-30(29)21-28/h1-23H. The average molecular weight is 542 g/mol. The predicted octanol–water partition coefficient (Wildman–Crippen LogP) is 10.1. The molecule has 0 fully saturated rings. The van der Waals surface area contributed by atoms with Crippen molar-refractivity contribution in [3.05, 3.63) is 140 Å². The van der Waals surface area contributed by atoms with E-state index in [9.17, 15) is 0 Å². The molecule has 8 rings (SSSR count). The summed E-state index contributed by atoms with van der Waals surface area (Å²) >= 11 is 1.86. The van der Waals surface area contributed by atoms with Crippen molar-refractivity contribution in [1.29, 1.82) is 0 Å². The molecule has 0 saturated heterocycles. The number of benzene rings is 6. The Kier molecular flexibility index (Phi) is 5.64. The second-order valence-corrected chi connectivity index (χ2v) is 11.2. The third-order valence-electron chi connectivity index (χ3n) is 7.51. The van der Waals surface area contributed by atoms with Gasteiger partial charge in [-0.3, -0.25) is 0 Å². The van der Waals surface area contributed by atoms with Crippen LogP contribution in [0.4, 0.5) is 0 Å². The van der Waals surface area contributed by atoms with Gasteiger partial charge in [0.25, 0.3) is 0 Å². The van der Waals surface area contributed by atoms with Crippen LogP contribution in [0.5, 0.6) is 0 Å². The van der Waals surface area contributed by atoms with Crippen LogP contribution in [-0.2, 0) is 0 Å². The van der Waals surface area contributed by atoms with Gasteiger partial charge >= 0.3 is 0 Å². The minimum Gasteiger partial charge on any atom is -0.208 e. The molecular weight excluding hydrogens is 518 g/mol. The molecule has 0 radical (unpaired) electrons. The Balaban J connectivity index is 1.18. The van der Waals surface area contributed by atoms with Crippen molar-refractivity contribution >= 4 is 42.3 Å². The first-order valence-electron chi connectivity index (χ1n) is 13.6. The maximum absolute atomic E-state index is 4.87. The lowest BCUT2D eigenvalue weighted by atomic mass is 9.99. The first-order valence-corrected chi connectivity index (χ1v) is 14.4. The zero-order chi connectivity index (χ0) is 27.2. The van der Waals surface area contributed by atoms with Gasteiger partial charge < -0.3 is 0 Å². The van der Waals surface area contributed by atoms with E-state index in [4.69, 9.17) is 15.0 Å². The van der Waals surface area contributed by atoms with Gasteiger partial charge in [-0.25, -0.2) is 15.0 Å². The van der Waals surface area contributed by atoms with Crippen molar-refractivity contribution in [2.45, 2.75) is 0 Å². The van der Waals surface area contributed by atoms with Gasteiger partial charge in [0.05, 0.1) is 0 Å². The highest BCUT2D eigenvalue weighted by molar-refractivity contribution is 7.25. The molecule has 0 bridgehead atoms. The van der Waals surface area contributed by atoms with Crippen LogP contribution < -0.4 is 0 Å². The lowest BCUT2D eigenvalue weighted by Crippen LogP contribution is -2.00. The number of rotatable bonds is 4. The molecule has 0 saturated carbocycles. The Morgan fingerprint density at radius 3 is 1.54 bits per heavy atom. The maximum atomic E-state index is 4.87. The molecule has 0 unspecified atom stereocenters. The van der Waals surface area contributed by atoms with Crippen molar-refractivity contribution in [2.75, 3.05) is 0 Å². The molecule has 3 nitrogen and oxygen atoms in total. The number of hydrogen-bond acceptors (Lipinski definition) is 4. The molecule has 8 aromatic rings. The molecule has 2 heterocycles. The minimum atomic E-state index is 0.662. The fraction of sp³-hybridized carbons (Fsp3) is 0. The maximum Gasteiger partial charge on any atom is 0.164 e. The zero-order valence-electron chi connectivity index (χ0n) is 22.0. The summed E-state index contributed by atoms with van der Waals surface area (Å²) in [6.07, 6.45) is 0.